The summed E-state index contributed by atoms with van der Waals surface area (Å²) in [5, 5.41) is 5.54. The maximum absolute atomic E-state index is 12.7. The largest absolute Gasteiger partial charge is 0.486 e. The van der Waals surface area contributed by atoms with Gasteiger partial charge in [-0.1, -0.05) is 29.5 Å². The monoisotopic (exact) mass is 424 g/mol. The van der Waals surface area contributed by atoms with Gasteiger partial charge in [0, 0.05) is 12.1 Å². The summed E-state index contributed by atoms with van der Waals surface area (Å²) in [7, 11) is 0. The summed E-state index contributed by atoms with van der Waals surface area (Å²) < 4.78 is 48.9. The van der Waals surface area contributed by atoms with E-state index in [0.717, 1.165) is 17.7 Å². The number of carbonyl (C=O) groups excluding carboxylic acids is 1. The van der Waals surface area contributed by atoms with Gasteiger partial charge in [-0.2, -0.15) is 13.2 Å². The van der Waals surface area contributed by atoms with Gasteiger partial charge in [-0.3, -0.25) is 0 Å². The molecule has 5 nitrogen and oxygen atoms in total. The molecule has 2 amide bonds. The highest BCUT2D eigenvalue weighted by Gasteiger charge is 2.30. The molecule has 0 fully saturated rings. The number of halogens is 4. The van der Waals surface area contributed by atoms with Crippen LogP contribution < -0.4 is 20.1 Å². The molecule has 152 valence electrons. The van der Waals surface area contributed by atoms with E-state index in [9.17, 15) is 18.0 Å². The van der Waals surface area contributed by atoms with Gasteiger partial charge in [-0.25, -0.2) is 4.79 Å². The minimum Gasteiger partial charge on any atom is -0.486 e. The van der Waals surface area contributed by atoms with Crippen LogP contribution in [0.2, 0.25) is 5.02 Å². The van der Waals surface area contributed by atoms with Crippen LogP contribution in [-0.2, 0) is 12.7 Å². The first kappa shape index (κ1) is 20.7. The Morgan fingerprint density at radius 2 is 1.93 bits per heavy atom. The van der Waals surface area contributed by atoms with Crippen molar-refractivity contribution in [2.75, 3.05) is 19.8 Å². The van der Waals surface area contributed by atoms with Gasteiger partial charge in [-0.15, -0.1) is 0 Å². The predicted molar refractivity (Wildman–Crippen MR) is 101 cm³/mol. The Hall–Kier alpha value is -3.05. The Labute approximate surface area is 170 Å². The zero-order valence-corrected chi connectivity index (χ0v) is 15.8. The molecule has 9 heteroatoms. The van der Waals surface area contributed by atoms with E-state index in [1.54, 1.807) is 12.1 Å². The summed E-state index contributed by atoms with van der Waals surface area (Å²) in [5.74, 6) is 6.20. The first-order chi connectivity index (χ1) is 13.8. The Balaban J connectivity index is 1.49. The van der Waals surface area contributed by atoms with E-state index in [4.69, 9.17) is 21.1 Å². The number of carbonyl (C=O) groups is 1. The third-order valence-corrected chi connectivity index (χ3v) is 4.15. The van der Waals surface area contributed by atoms with Crippen molar-refractivity contribution in [3.8, 4) is 23.3 Å². The van der Waals surface area contributed by atoms with E-state index in [1.165, 1.54) is 12.1 Å². The van der Waals surface area contributed by atoms with Crippen LogP contribution >= 0.6 is 11.6 Å². The Morgan fingerprint density at radius 3 is 2.72 bits per heavy atom. The molecule has 2 aromatic carbocycles. The standard InChI is InChI=1S/C20H16ClF3N2O3/c21-16-10-14(11-17-18(16)29-8-7-28-17)12-26-19(27)25-6-2-4-13-3-1-5-15(9-13)20(22,23)24/h1,3,5,9-11H,6-8,12H2,(H2,25,26,27). The quantitative estimate of drug-likeness (QED) is 0.733. The fourth-order valence-corrected chi connectivity index (χ4v) is 2.84. The topological polar surface area (TPSA) is 59.6 Å². The average molecular weight is 425 g/mol. The van der Waals surface area contributed by atoms with Crippen LogP contribution in [0.5, 0.6) is 11.5 Å². The third kappa shape index (κ3) is 5.72. The first-order valence-electron chi connectivity index (χ1n) is 8.59. The van der Waals surface area contributed by atoms with Crippen molar-refractivity contribution in [3.05, 3.63) is 58.1 Å². The highest BCUT2D eigenvalue weighted by atomic mass is 35.5. The number of alkyl halides is 3. The highest BCUT2D eigenvalue weighted by Crippen LogP contribution is 2.38. The van der Waals surface area contributed by atoms with E-state index in [1.807, 2.05) is 0 Å². The average Bonchev–Trinajstić information content (AvgIpc) is 2.69. The Morgan fingerprint density at radius 1 is 1.14 bits per heavy atom. The lowest BCUT2D eigenvalue weighted by Crippen LogP contribution is -2.35. The molecule has 2 aromatic rings. The summed E-state index contributed by atoms with van der Waals surface area (Å²) in [6.45, 7) is 1.02. The number of fused-ring (bicyclic) bond motifs is 1. The molecule has 3 rings (SSSR count). The van der Waals surface area contributed by atoms with Crippen molar-refractivity contribution in [2.45, 2.75) is 12.7 Å². The summed E-state index contributed by atoms with van der Waals surface area (Å²) in [4.78, 5) is 11.9. The van der Waals surface area contributed by atoms with E-state index in [-0.39, 0.29) is 18.7 Å². The zero-order valence-electron chi connectivity index (χ0n) is 15.0. The van der Waals surface area contributed by atoms with Crippen LogP contribution in [0.1, 0.15) is 16.7 Å². The molecule has 1 aliphatic heterocycles. The lowest BCUT2D eigenvalue weighted by Gasteiger charge is -2.20. The van der Waals surface area contributed by atoms with Gasteiger partial charge in [0.2, 0.25) is 0 Å². The van der Waals surface area contributed by atoms with Crippen molar-refractivity contribution >= 4 is 17.6 Å². The van der Waals surface area contributed by atoms with Crippen molar-refractivity contribution in [2.24, 2.45) is 0 Å². The second-order valence-electron chi connectivity index (χ2n) is 6.02. The van der Waals surface area contributed by atoms with E-state index in [2.05, 4.69) is 22.5 Å². The number of benzene rings is 2. The van der Waals surface area contributed by atoms with Crippen LogP contribution in [0, 0.1) is 11.8 Å². The fraction of sp³-hybridized carbons (Fsp3) is 0.250. The second kappa shape index (κ2) is 8.97. The normalized spacial score (nSPS) is 12.6. The van der Waals surface area contributed by atoms with Gasteiger partial charge in [0.25, 0.3) is 0 Å². The smallest absolute Gasteiger partial charge is 0.416 e. The van der Waals surface area contributed by atoms with Gasteiger partial charge in [0.15, 0.2) is 11.5 Å². The number of rotatable bonds is 3. The number of hydrogen-bond acceptors (Lipinski definition) is 3. The van der Waals surface area contributed by atoms with E-state index in [0.29, 0.717) is 29.7 Å². The molecule has 29 heavy (non-hydrogen) atoms. The molecule has 0 spiro atoms. The molecule has 0 unspecified atom stereocenters. The molecule has 0 aliphatic carbocycles. The first-order valence-corrected chi connectivity index (χ1v) is 8.96. The van der Waals surface area contributed by atoms with Crippen LogP contribution in [0.25, 0.3) is 0 Å². The molecule has 0 saturated heterocycles. The summed E-state index contributed by atoms with van der Waals surface area (Å²) in [6, 6.07) is 7.60. The molecular weight excluding hydrogens is 409 g/mol. The molecule has 0 saturated carbocycles. The lowest BCUT2D eigenvalue weighted by atomic mass is 10.1. The predicted octanol–water partition coefficient (Wildman–Crippen LogP) is 3.98. The summed E-state index contributed by atoms with van der Waals surface area (Å²) in [6.07, 6.45) is -4.42. The maximum Gasteiger partial charge on any atom is 0.416 e. The molecule has 0 bridgehead atoms. The minimum absolute atomic E-state index is 0.0238. The SMILES string of the molecule is O=C(NCC#Cc1cccc(C(F)(F)F)c1)NCc1cc(Cl)c2c(c1)OCCO2. The highest BCUT2D eigenvalue weighted by molar-refractivity contribution is 6.32. The summed E-state index contributed by atoms with van der Waals surface area (Å²) in [5.41, 5.74) is 0.172. The molecule has 1 heterocycles. The van der Waals surface area contributed by atoms with Crippen molar-refractivity contribution in [1.82, 2.24) is 10.6 Å². The zero-order chi connectivity index (χ0) is 20.9. The van der Waals surface area contributed by atoms with Crippen molar-refractivity contribution in [3.63, 3.8) is 0 Å². The molecule has 0 atom stereocenters. The van der Waals surface area contributed by atoms with Crippen LogP contribution in [0.3, 0.4) is 0 Å². The van der Waals surface area contributed by atoms with E-state index >= 15 is 0 Å². The number of nitrogens with one attached hydrogen (secondary N) is 2. The Bertz CT molecular complexity index is 968. The molecular formula is C20H16ClF3N2O3. The number of amides is 2. The van der Waals surface area contributed by atoms with Gasteiger partial charge in [-0.05, 0) is 35.9 Å². The van der Waals surface area contributed by atoms with E-state index < -0.39 is 17.8 Å². The maximum atomic E-state index is 12.7. The number of urea groups is 1. The third-order valence-electron chi connectivity index (χ3n) is 3.87. The molecule has 1 aliphatic rings. The molecule has 2 N–H and O–H groups in total. The van der Waals surface area contributed by atoms with Crippen LogP contribution in [0.15, 0.2) is 36.4 Å². The second-order valence-corrected chi connectivity index (χ2v) is 6.43. The minimum atomic E-state index is -4.42. The molecule has 0 aromatic heterocycles. The summed E-state index contributed by atoms with van der Waals surface area (Å²) >= 11 is 6.14. The number of hydrogen-bond donors (Lipinski definition) is 2. The Kier molecular flexibility index (Phi) is 6.39. The van der Waals surface area contributed by atoms with Crippen molar-refractivity contribution < 1.29 is 27.4 Å². The fourth-order valence-electron chi connectivity index (χ4n) is 2.56. The van der Waals surface area contributed by atoms with Crippen molar-refractivity contribution in [1.29, 1.82) is 0 Å². The van der Waals surface area contributed by atoms with Gasteiger partial charge >= 0.3 is 12.2 Å². The van der Waals surface area contributed by atoms with Gasteiger partial charge < -0.3 is 20.1 Å². The van der Waals surface area contributed by atoms with Gasteiger partial charge in [0.1, 0.15) is 13.2 Å². The lowest BCUT2D eigenvalue weighted by molar-refractivity contribution is -0.137. The van der Waals surface area contributed by atoms with Crippen LogP contribution in [0.4, 0.5) is 18.0 Å². The van der Waals surface area contributed by atoms with Crippen LogP contribution in [-0.4, -0.2) is 25.8 Å². The van der Waals surface area contributed by atoms with Gasteiger partial charge in [0.05, 0.1) is 17.1 Å². The molecule has 0 radical (unpaired) electrons. The number of ether oxygens (including phenoxy) is 2.